The van der Waals surface area contributed by atoms with Crippen LogP contribution in [0, 0.1) is 0 Å². The van der Waals surface area contributed by atoms with E-state index in [2.05, 4.69) is 9.89 Å². The van der Waals surface area contributed by atoms with Crippen LogP contribution in [-0.2, 0) is 4.79 Å². The highest BCUT2D eigenvalue weighted by Crippen LogP contribution is 2.53. The summed E-state index contributed by atoms with van der Waals surface area (Å²) in [5.74, 6) is -1.23. The van der Waals surface area contributed by atoms with Crippen LogP contribution in [0.3, 0.4) is 0 Å². The second-order valence-electron chi connectivity index (χ2n) is 9.59. The van der Waals surface area contributed by atoms with E-state index in [1.54, 1.807) is 12.1 Å². The molecule has 202 valence electrons. The van der Waals surface area contributed by atoms with E-state index >= 15 is 0 Å². The van der Waals surface area contributed by atoms with E-state index in [1.807, 2.05) is 6.92 Å². The monoisotopic (exact) mass is 520 g/mol. The first-order valence-electron chi connectivity index (χ1n) is 12.4. The third-order valence-electron chi connectivity index (χ3n) is 7.07. The lowest BCUT2D eigenvalue weighted by Gasteiger charge is -2.42. The van der Waals surface area contributed by atoms with Crippen molar-refractivity contribution in [3.63, 3.8) is 0 Å². The maximum atomic E-state index is 14.3. The largest absolute Gasteiger partial charge is 0.426 e. The Hall–Kier alpha value is -2.46. The molecule has 2 aliphatic heterocycles. The summed E-state index contributed by atoms with van der Waals surface area (Å²) in [4.78, 5) is 19.6. The molecule has 36 heavy (non-hydrogen) atoms. The summed E-state index contributed by atoms with van der Waals surface area (Å²) in [6.07, 6.45) is -8.14. The Bertz CT molecular complexity index is 908. The van der Waals surface area contributed by atoms with Gasteiger partial charge in [0.1, 0.15) is 12.0 Å². The third kappa shape index (κ3) is 5.29. The van der Waals surface area contributed by atoms with Crippen LogP contribution < -0.4 is 4.90 Å². The number of carbonyl (C=O) groups is 1. The van der Waals surface area contributed by atoms with Gasteiger partial charge in [-0.25, -0.2) is 4.99 Å². The Balaban J connectivity index is 1.98. The van der Waals surface area contributed by atoms with Crippen molar-refractivity contribution >= 4 is 17.4 Å². The van der Waals surface area contributed by atoms with Crippen LogP contribution >= 0.6 is 0 Å². The quantitative estimate of drug-likeness (QED) is 0.312. The van der Waals surface area contributed by atoms with Gasteiger partial charge in [0, 0.05) is 44.9 Å². The van der Waals surface area contributed by atoms with Gasteiger partial charge in [-0.15, -0.1) is 0 Å². The van der Waals surface area contributed by atoms with Gasteiger partial charge in [0.25, 0.3) is 5.54 Å². The summed E-state index contributed by atoms with van der Waals surface area (Å²) in [6.45, 7) is 3.65. The van der Waals surface area contributed by atoms with Gasteiger partial charge in [-0.1, -0.05) is 26.2 Å². The SMILES string of the molecule is CCCCCCC(=O)N(C)C1N(C)C(c2ccc(N3CCCCC3)cc2)=NC1(C(F)(F)F)C(F)(F)F. The van der Waals surface area contributed by atoms with Gasteiger partial charge in [0.05, 0.1) is 0 Å². The van der Waals surface area contributed by atoms with Crippen molar-refractivity contribution in [2.24, 2.45) is 4.99 Å². The van der Waals surface area contributed by atoms with Crippen molar-refractivity contribution in [2.75, 3.05) is 32.1 Å². The Morgan fingerprint density at radius 2 is 1.58 bits per heavy atom. The maximum absolute atomic E-state index is 14.3. The number of hydrogen-bond acceptors (Lipinski definition) is 4. The van der Waals surface area contributed by atoms with Crippen molar-refractivity contribution in [1.82, 2.24) is 9.80 Å². The molecule has 1 fully saturated rings. The molecular formula is C25H34F6N4O. The molecule has 0 radical (unpaired) electrons. The molecule has 0 aliphatic carbocycles. The molecule has 1 amide bonds. The van der Waals surface area contributed by atoms with E-state index in [1.165, 1.54) is 12.1 Å². The van der Waals surface area contributed by atoms with Crippen LogP contribution in [0.1, 0.15) is 63.9 Å². The number of carbonyl (C=O) groups excluding carboxylic acids is 1. The number of amidine groups is 1. The van der Waals surface area contributed by atoms with Crippen molar-refractivity contribution in [3.05, 3.63) is 29.8 Å². The summed E-state index contributed by atoms with van der Waals surface area (Å²) < 4.78 is 85.9. The zero-order valence-corrected chi connectivity index (χ0v) is 20.9. The number of rotatable bonds is 8. The van der Waals surface area contributed by atoms with Crippen molar-refractivity contribution < 1.29 is 31.1 Å². The van der Waals surface area contributed by atoms with Gasteiger partial charge >= 0.3 is 12.4 Å². The summed E-state index contributed by atoms with van der Waals surface area (Å²) >= 11 is 0. The number of nitrogens with zero attached hydrogens (tertiary/aromatic N) is 4. The minimum atomic E-state index is -5.78. The van der Waals surface area contributed by atoms with E-state index in [0.717, 1.165) is 69.9 Å². The molecule has 1 atom stereocenters. The predicted molar refractivity (Wildman–Crippen MR) is 127 cm³/mol. The number of likely N-dealkylation sites (N-methyl/N-ethyl adjacent to an activating group) is 2. The van der Waals surface area contributed by atoms with E-state index in [9.17, 15) is 31.1 Å². The first-order chi connectivity index (χ1) is 16.8. The topological polar surface area (TPSA) is 39.2 Å². The van der Waals surface area contributed by atoms with Gasteiger partial charge in [-0.3, -0.25) is 4.79 Å². The minimum Gasteiger partial charge on any atom is -0.372 e. The van der Waals surface area contributed by atoms with Gasteiger partial charge in [0.2, 0.25) is 5.91 Å². The van der Waals surface area contributed by atoms with E-state index in [4.69, 9.17) is 0 Å². The molecule has 2 heterocycles. The smallest absolute Gasteiger partial charge is 0.372 e. The molecule has 0 spiro atoms. The van der Waals surface area contributed by atoms with Gasteiger partial charge in [-0.05, 0) is 49.9 Å². The van der Waals surface area contributed by atoms with Gasteiger partial charge < -0.3 is 14.7 Å². The first-order valence-corrected chi connectivity index (χ1v) is 12.4. The molecule has 1 aromatic carbocycles. The molecule has 1 aromatic rings. The Morgan fingerprint density at radius 3 is 2.11 bits per heavy atom. The normalized spacial score (nSPS) is 20.5. The first kappa shape index (κ1) is 28.1. The van der Waals surface area contributed by atoms with E-state index in [-0.39, 0.29) is 12.0 Å². The van der Waals surface area contributed by atoms with Crippen LogP contribution in [0.2, 0.25) is 0 Å². The van der Waals surface area contributed by atoms with Crippen molar-refractivity contribution in [3.8, 4) is 0 Å². The number of anilines is 1. The van der Waals surface area contributed by atoms with E-state index < -0.39 is 35.8 Å². The van der Waals surface area contributed by atoms with Crippen LogP contribution in [0.4, 0.5) is 32.0 Å². The average molecular weight is 521 g/mol. The van der Waals surface area contributed by atoms with Crippen LogP contribution in [0.25, 0.3) is 0 Å². The van der Waals surface area contributed by atoms with Gasteiger partial charge in [-0.2, -0.15) is 26.3 Å². The molecule has 11 heteroatoms. The van der Waals surface area contributed by atoms with Crippen molar-refractivity contribution in [2.45, 2.75) is 82.3 Å². The van der Waals surface area contributed by atoms with Gasteiger partial charge in [0.15, 0.2) is 0 Å². The molecule has 1 saturated heterocycles. The number of piperidine rings is 1. The number of alkyl halides is 6. The van der Waals surface area contributed by atoms with Crippen LogP contribution in [0.5, 0.6) is 0 Å². The van der Waals surface area contributed by atoms with Crippen LogP contribution in [-0.4, -0.2) is 72.8 Å². The molecule has 0 saturated carbocycles. The summed E-state index contributed by atoms with van der Waals surface area (Å²) in [7, 11) is 2.12. The van der Waals surface area contributed by atoms with Crippen LogP contribution in [0.15, 0.2) is 29.3 Å². The fourth-order valence-electron chi connectivity index (χ4n) is 5.08. The Labute approximate surface area is 208 Å². The van der Waals surface area contributed by atoms with Crippen molar-refractivity contribution in [1.29, 1.82) is 0 Å². The molecule has 0 bridgehead atoms. The molecule has 3 rings (SSSR count). The highest BCUT2D eigenvalue weighted by molar-refractivity contribution is 6.01. The molecule has 5 nitrogen and oxygen atoms in total. The standard InChI is InChI=1S/C25H34F6N4O/c1-4-5-6-8-11-20(36)33(2)22-23(24(26,27)28,25(29,30)31)32-21(34(22)3)18-12-14-19(15-13-18)35-16-9-7-10-17-35/h12-15,22H,4-11,16-17H2,1-3H3. The fourth-order valence-corrected chi connectivity index (χ4v) is 5.08. The fraction of sp³-hybridized carbons (Fsp3) is 0.680. The lowest BCUT2D eigenvalue weighted by molar-refractivity contribution is -0.312. The molecule has 2 aliphatic rings. The van der Waals surface area contributed by atoms with E-state index in [0.29, 0.717) is 17.7 Å². The lowest BCUT2D eigenvalue weighted by atomic mass is 9.93. The zero-order valence-electron chi connectivity index (χ0n) is 20.9. The predicted octanol–water partition coefficient (Wildman–Crippen LogP) is 5.99. The summed E-state index contributed by atoms with van der Waals surface area (Å²) in [6, 6.07) is 6.36. The average Bonchev–Trinajstić information content (AvgIpc) is 3.16. The number of hydrogen-bond donors (Lipinski definition) is 0. The number of amides is 1. The number of benzene rings is 1. The number of aliphatic imine (C=N–C) groups is 1. The highest BCUT2D eigenvalue weighted by Gasteiger charge is 2.79. The maximum Gasteiger partial charge on any atom is 0.426 e. The number of halogens is 6. The summed E-state index contributed by atoms with van der Waals surface area (Å²) in [5, 5.41) is 0. The Kier molecular flexibility index (Phi) is 8.50. The third-order valence-corrected chi connectivity index (χ3v) is 7.07. The molecule has 0 N–H and O–H groups in total. The zero-order chi connectivity index (χ0) is 26.7. The minimum absolute atomic E-state index is 0.127. The second kappa shape index (κ2) is 10.9. The lowest BCUT2D eigenvalue weighted by Crippen LogP contribution is -2.69. The molecule has 0 aromatic heterocycles. The highest BCUT2D eigenvalue weighted by atomic mass is 19.4. The second-order valence-corrected chi connectivity index (χ2v) is 9.59. The molecule has 1 unspecified atom stereocenters. The molecular weight excluding hydrogens is 486 g/mol. The number of unbranched alkanes of at least 4 members (excludes halogenated alkanes) is 3. The Morgan fingerprint density at radius 1 is 1.00 bits per heavy atom. The summed E-state index contributed by atoms with van der Waals surface area (Å²) in [5.41, 5.74) is -3.49.